The molecule has 0 bridgehead atoms. The highest BCUT2D eigenvalue weighted by atomic mass is 16.5. The van der Waals surface area contributed by atoms with E-state index in [1.165, 1.54) is 4.90 Å². The molecule has 1 aliphatic rings. The third kappa shape index (κ3) is 4.35. The number of nitrogens with zero attached hydrogens (tertiary/aromatic N) is 2. The highest BCUT2D eigenvalue weighted by Crippen LogP contribution is 2.43. The molecule has 3 aromatic rings. The topological polar surface area (TPSA) is 70.1 Å². The summed E-state index contributed by atoms with van der Waals surface area (Å²) in [6.07, 6.45) is 0. The summed E-state index contributed by atoms with van der Waals surface area (Å²) < 4.78 is 5.48. The summed E-state index contributed by atoms with van der Waals surface area (Å²) in [4.78, 5) is 30.4. The summed E-state index contributed by atoms with van der Waals surface area (Å²) in [7, 11) is 5.50. The lowest BCUT2D eigenvalue weighted by Crippen LogP contribution is -2.30. The van der Waals surface area contributed by atoms with Gasteiger partial charge in [-0.25, -0.2) is 0 Å². The van der Waals surface area contributed by atoms with Crippen molar-refractivity contribution in [3.05, 3.63) is 94.6 Å². The average Bonchev–Trinajstić information content (AvgIpc) is 3.13. The Labute approximate surface area is 212 Å². The van der Waals surface area contributed by atoms with Crippen molar-refractivity contribution in [2.45, 2.75) is 32.7 Å². The zero-order valence-electron chi connectivity index (χ0n) is 21.6. The van der Waals surface area contributed by atoms with Gasteiger partial charge in [-0.1, -0.05) is 44.2 Å². The maximum atomic E-state index is 13.5. The van der Waals surface area contributed by atoms with Gasteiger partial charge in [0.1, 0.15) is 11.5 Å². The molecular formula is C30H32N2O4. The molecule has 1 fully saturated rings. The number of ether oxygens (including phenoxy) is 1. The van der Waals surface area contributed by atoms with Gasteiger partial charge in [0.2, 0.25) is 0 Å². The Bertz CT molecular complexity index is 1340. The standard InChI is InChI=1S/C30H32N2O4/c1-18(2)23-17-21(13-16-25(23)36-6)28(33)26-27(20-11-14-22(15-12-20)31(4)5)32(30(35)29(26)34)24-10-8-7-9-19(24)3/h7-18,27,33H,1-6H3/b28-26-. The van der Waals surface area contributed by atoms with Crippen LogP contribution in [0.25, 0.3) is 5.76 Å². The van der Waals surface area contributed by atoms with E-state index in [2.05, 4.69) is 0 Å². The molecule has 3 aromatic carbocycles. The van der Waals surface area contributed by atoms with Gasteiger partial charge >= 0.3 is 0 Å². The van der Waals surface area contributed by atoms with Crippen molar-refractivity contribution < 1.29 is 19.4 Å². The minimum atomic E-state index is -0.771. The minimum Gasteiger partial charge on any atom is -0.507 e. The fourth-order valence-electron chi connectivity index (χ4n) is 4.67. The lowest BCUT2D eigenvalue weighted by molar-refractivity contribution is -0.132. The fraction of sp³-hybridized carbons (Fsp3) is 0.267. The first-order valence-corrected chi connectivity index (χ1v) is 12.0. The highest BCUT2D eigenvalue weighted by Gasteiger charge is 2.47. The molecule has 1 unspecified atom stereocenters. The van der Waals surface area contributed by atoms with Crippen molar-refractivity contribution in [3.8, 4) is 5.75 Å². The second-order valence-electron chi connectivity index (χ2n) is 9.55. The summed E-state index contributed by atoms with van der Waals surface area (Å²) in [5, 5.41) is 11.5. The molecule has 1 heterocycles. The molecule has 0 radical (unpaired) electrons. The van der Waals surface area contributed by atoms with E-state index < -0.39 is 17.7 Å². The fourth-order valence-corrected chi connectivity index (χ4v) is 4.67. The van der Waals surface area contributed by atoms with Crippen LogP contribution in [0.4, 0.5) is 11.4 Å². The maximum Gasteiger partial charge on any atom is 0.300 e. The quantitative estimate of drug-likeness (QED) is 0.271. The molecule has 6 heteroatoms. The van der Waals surface area contributed by atoms with Crippen molar-refractivity contribution in [2.75, 3.05) is 31.0 Å². The summed E-state index contributed by atoms with van der Waals surface area (Å²) in [5.74, 6) is -0.727. The van der Waals surface area contributed by atoms with Crippen LogP contribution in [-0.4, -0.2) is 38.0 Å². The first-order valence-electron chi connectivity index (χ1n) is 12.0. The van der Waals surface area contributed by atoms with Gasteiger partial charge in [0.25, 0.3) is 11.7 Å². The molecule has 1 amide bonds. The van der Waals surface area contributed by atoms with E-state index >= 15 is 0 Å². The van der Waals surface area contributed by atoms with Gasteiger partial charge in [0.05, 0.1) is 18.7 Å². The summed E-state index contributed by atoms with van der Waals surface area (Å²) >= 11 is 0. The molecule has 1 saturated heterocycles. The predicted molar refractivity (Wildman–Crippen MR) is 144 cm³/mol. The van der Waals surface area contributed by atoms with Crippen LogP contribution < -0.4 is 14.5 Å². The van der Waals surface area contributed by atoms with Gasteiger partial charge in [0.15, 0.2) is 0 Å². The van der Waals surface area contributed by atoms with E-state index in [4.69, 9.17) is 4.74 Å². The van der Waals surface area contributed by atoms with Gasteiger partial charge in [-0.2, -0.15) is 0 Å². The Morgan fingerprint density at radius 2 is 1.67 bits per heavy atom. The molecule has 0 aliphatic carbocycles. The van der Waals surface area contributed by atoms with E-state index in [1.54, 1.807) is 19.2 Å². The van der Waals surface area contributed by atoms with Crippen LogP contribution in [-0.2, 0) is 9.59 Å². The van der Waals surface area contributed by atoms with Gasteiger partial charge in [-0.05, 0) is 65.9 Å². The molecule has 186 valence electrons. The molecule has 0 aromatic heterocycles. The van der Waals surface area contributed by atoms with Crippen molar-refractivity contribution in [1.29, 1.82) is 0 Å². The van der Waals surface area contributed by atoms with Crippen LogP contribution in [0.2, 0.25) is 0 Å². The van der Waals surface area contributed by atoms with Crippen molar-refractivity contribution >= 4 is 28.8 Å². The normalized spacial score (nSPS) is 17.1. The average molecular weight is 485 g/mol. The van der Waals surface area contributed by atoms with E-state index in [0.29, 0.717) is 17.0 Å². The second-order valence-corrected chi connectivity index (χ2v) is 9.55. The number of amides is 1. The third-order valence-electron chi connectivity index (χ3n) is 6.67. The number of aliphatic hydroxyl groups is 1. The molecule has 0 spiro atoms. The number of aliphatic hydroxyl groups excluding tert-OH is 1. The summed E-state index contributed by atoms with van der Waals surface area (Å²) in [6, 6.07) is 19.7. The van der Waals surface area contributed by atoms with E-state index in [9.17, 15) is 14.7 Å². The van der Waals surface area contributed by atoms with Gasteiger partial charge in [0, 0.05) is 31.0 Å². The zero-order chi connectivity index (χ0) is 26.1. The monoisotopic (exact) mass is 484 g/mol. The first-order chi connectivity index (χ1) is 17.1. The maximum absolute atomic E-state index is 13.5. The largest absolute Gasteiger partial charge is 0.507 e. The molecule has 6 nitrogen and oxygen atoms in total. The van der Waals surface area contributed by atoms with Gasteiger partial charge < -0.3 is 14.7 Å². The number of rotatable bonds is 6. The number of hydrogen-bond acceptors (Lipinski definition) is 5. The minimum absolute atomic E-state index is 0.0701. The Balaban J connectivity index is 1.95. The van der Waals surface area contributed by atoms with Gasteiger partial charge in [-0.3, -0.25) is 14.5 Å². The van der Waals surface area contributed by atoms with E-state index in [-0.39, 0.29) is 17.3 Å². The van der Waals surface area contributed by atoms with Crippen LogP contribution in [0.5, 0.6) is 5.75 Å². The molecule has 1 aliphatic heterocycles. The summed E-state index contributed by atoms with van der Waals surface area (Å²) in [5.41, 5.74) is 4.67. The molecule has 1 N–H and O–H groups in total. The van der Waals surface area contributed by atoms with Crippen molar-refractivity contribution in [2.24, 2.45) is 0 Å². The highest BCUT2D eigenvalue weighted by molar-refractivity contribution is 6.51. The Morgan fingerprint density at radius 1 is 1.00 bits per heavy atom. The van der Waals surface area contributed by atoms with Gasteiger partial charge in [-0.15, -0.1) is 0 Å². The van der Waals surface area contributed by atoms with Crippen LogP contribution in [0.1, 0.15) is 48.1 Å². The molecule has 1 atom stereocenters. The number of aryl methyl sites for hydroxylation is 1. The van der Waals surface area contributed by atoms with Crippen LogP contribution in [0.15, 0.2) is 72.3 Å². The number of carbonyl (C=O) groups excluding carboxylic acids is 2. The Morgan fingerprint density at radius 3 is 2.25 bits per heavy atom. The Kier molecular flexibility index (Phi) is 6.88. The lowest BCUT2D eigenvalue weighted by Gasteiger charge is -2.27. The number of hydrogen-bond donors (Lipinski definition) is 1. The smallest absolute Gasteiger partial charge is 0.300 e. The molecule has 4 rings (SSSR count). The first kappa shape index (κ1) is 25.0. The number of benzene rings is 3. The predicted octanol–water partition coefficient (Wildman–Crippen LogP) is 5.82. The molecule has 0 saturated carbocycles. The number of carbonyl (C=O) groups is 2. The molecule has 36 heavy (non-hydrogen) atoms. The van der Waals surface area contributed by atoms with Crippen LogP contribution in [0, 0.1) is 6.92 Å². The summed E-state index contributed by atoms with van der Waals surface area (Å²) in [6.45, 7) is 5.97. The lowest BCUT2D eigenvalue weighted by atomic mass is 9.93. The second kappa shape index (κ2) is 9.90. The number of anilines is 2. The Hall–Kier alpha value is -4.06. The number of Topliss-reactive ketones (excluding diaryl/α,β-unsaturated/α-hetero) is 1. The van der Waals surface area contributed by atoms with Crippen molar-refractivity contribution in [1.82, 2.24) is 0 Å². The SMILES string of the molecule is COc1ccc(/C(O)=C2/C(=O)C(=O)N(c3ccccc3C)C2c2ccc(N(C)C)cc2)cc1C(C)C. The van der Waals surface area contributed by atoms with E-state index in [0.717, 1.165) is 22.4 Å². The molecular weight excluding hydrogens is 452 g/mol. The van der Waals surface area contributed by atoms with E-state index in [1.807, 2.05) is 94.4 Å². The van der Waals surface area contributed by atoms with Crippen molar-refractivity contribution in [3.63, 3.8) is 0 Å². The van der Waals surface area contributed by atoms with Crippen LogP contribution >= 0.6 is 0 Å². The number of methoxy groups -OCH3 is 1. The zero-order valence-corrected chi connectivity index (χ0v) is 21.6. The third-order valence-corrected chi connectivity index (χ3v) is 6.67. The number of para-hydroxylation sites is 1. The van der Waals surface area contributed by atoms with Crippen LogP contribution in [0.3, 0.4) is 0 Å². The number of ketones is 1.